The van der Waals surface area contributed by atoms with Gasteiger partial charge in [-0.15, -0.1) is 0 Å². The molecule has 1 fully saturated rings. The second-order valence-corrected chi connectivity index (χ2v) is 5.94. The number of ether oxygens (including phenoxy) is 1. The van der Waals surface area contributed by atoms with Crippen LogP contribution in [0.5, 0.6) is 0 Å². The van der Waals surface area contributed by atoms with Crippen molar-refractivity contribution in [3.8, 4) is 0 Å². The zero-order chi connectivity index (χ0) is 8.27. The molecule has 0 bridgehead atoms. The highest BCUT2D eigenvalue weighted by atomic mass is 32.2. The highest BCUT2D eigenvalue weighted by Crippen LogP contribution is 2.25. The zero-order valence-electron chi connectivity index (χ0n) is 7.80. The summed E-state index contributed by atoms with van der Waals surface area (Å²) < 4.78 is 5.32. The van der Waals surface area contributed by atoms with Gasteiger partial charge in [0.2, 0.25) is 0 Å². The summed E-state index contributed by atoms with van der Waals surface area (Å²) in [5.74, 6) is 0. The van der Waals surface area contributed by atoms with Gasteiger partial charge < -0.3 is 4.74 Å². The van der Waals surface area contributed by atoms with Gasteiger partial charge in [0.1, 0.15) is 5.25 Å². The van der Waals surface area contributed by atoms with E-state index in [0.29, 0.717) is 17.0 Å². The Morgan fingerprint density at radius 1 is 1.09 bits per heavy atom. The SMILES string of the molecule is COC1CCC([S+](C)C)CC1. The van der Waals surface area contributed by atoms with Crippen molar-refractivity contribution in [3.05, 3.63) is 0 Å². The molecule has 1 aliphatic carbocycles. The van der Waals surface area contributed by atoms with Crippen molar-refractivity contribution in [1.82, 2.24) is 0 Å². The van der Waals surface area contributed by atoms with Crippen molar-refractivity contribution in [2.24, 2.45) is 0 Å². The summed E-state index contributed by atoms with van der Waals surface area (Å²) in [5, 5.41) is 0.987. The number of methoxy groups -OCH3 is 1. The second-order valence-electron chi connectivity index (χ2n) is 3.51. The Hall–Kier alpha value is 0.310. The molecule has 1 nitrogen and oxygen atoms in total. The largest absolute Gasteiger partial charge is 0.381 e. The van der Waals surface area contributed by atoms with Gasteiger partial charge in [-0.05, 0) is 36.6 Å². The first kappa shape index (κ1) is 9.40. The van der Waals surface area contributed by atoms with Crippen LogP contribution in [-0.2, 0) is 15.6 Å². The average Bonchev–Trinajstić information content (AvgIpc) is 2.05. The minimum atomic E-state index is 0.565. The monoisotopic (exact) mass is 175 g/mol. The molecule has 0 aromatic heterocycles. The van der Waals surface area contributed by atoms with E-state index in [1.54, 1.807) is 0 Å². The van der Waals surface area contributed by atoms with Crippen LogP contribution in [-0.4, -0.2) is 31.0 Å². The van der Waals surface area contributed by atoms with Crippen molar-refractivity contribution in [2.75, 3.05) is 19.6 Å². The summed E-state index contributed by atoms with van der Waals surface area (Å²) >= 11 is 0. The normalized spacial score (nSPS) is 32.7. The summed E-state index contributed by atoms with van der Waals surface area (Å²) in [6.07, 6.45) is 10.6. The number of rotatable bonds is 2. The molecule has 0 unspecified atom stereocenters. The van der Waals surface area contributed by atoms with Crippen LogP contribution in [0.4, 0.5) is 0 Å². The molecular formula is C9H19OS+. The minimum absolute atomic E-state index is 0.565. The van der Waals surface area contributed by atoms with E-state index in [1.165, 1.54) is 25.7 Å². The van der Waals surface area contributed by atoms with Crippen molar-refractivity contribution >= 4 is 10.9 Å². The Labute approximate surface area is 72.9 Å². The van der Waals surface area contributed by atoms with Gasteiger partial charge in [0.15, 0.2) is 0 Å². The Morgan fingerprint density at radius 2 is 1.64 bits per heavy atom. The molecule has 2 heteroatoms. The first-order valence-electron chi connectivity index (χ1n) is 4.33. The fraction of sp³-hybridized carbons (Fsp3) is 1.00. The second kappa shape index (κ2) is 4.36. The van der Waals surface area contributed by atoms with Crippen LogP contribution < -0.4 is 0 Å². The van der Waals surface area contributed by atoms with Crippen molar-refractivity contribution < 1.29 is 4.74 Å². The van der Waals surface area contributed by atoms with E-state index in [-0.39, 0.29) is 0 Å². The van der Waals surface area contributed by atoms with E-state index in [2.05, 4.69) is 12.5 Å². The summed E-state index contributed by atoms with van der Waals surface area (Å²) in [5.41, 5.74) is 0. The van der Waals surface area contributed by atoms with Crippen LogP contribution in [0.3, 0.4) is 0 Å². The van der Waals surface area contributed by atoms with Gasteiger partial charge in [0.25, 0.3) is 0 Å². The summed E-state index contributed by atoms with van der Waals surface area (Å²) in [7, 11) is 2.46. The Kier molecular flexibility index (Phi) is 3.73. The van der Waals surface area contributed by atoms with Crippen LogP contribution in [0.25, 0.3) is 0 Å². The van der Waals surface area contributed by atoms with Crippen LogP contribution in [0.2, 0.25) is 0 Å². The van der Waals surface area contributed by atoms with Crippen LogP contribution in [0.15, 0.2) is 0 Å². The van der Waals surface area contributed by atoms with E-state index in [1.807, 2.05) is 7.11 Å². The van der Waals surface area contributed by atoms with E-state index in [4.69, 9.17) is 4.74 Å². The Morgan fingerprint density at radius 3 is 2.00 bits per heavy atom. The molecule has 0 aromatic carbocycles. The molecule has 0 spiro atoms. The van der Waals surface area contributed by atoms with Gasteiger partial charge in [0, 0.05) is 7.11 Å². The van der Waals surface area contributed by atoms with Gasteiger partial charge in [-0.25, -0.2) is 0 Å². The zero-order valence-corrected chi connectivity index (χ0v) is 8.62. The molecule has 0 aromatic rings. The maximum atomic E-state index is 5.32. The van der Waals surface area contributed by atoms with E-state index in [0.717, 1.165) is 5.25 Å². The molecule has 0 heterocycles. The first-order valence-corrected chi connectivity index (χ1v) is 6.43. The smallest absolute Gasteiger partial charge is 0.117 e. The van der Waals surface area contributed by atoms with Crippen molar-refractivity contribution in [1.29, 1.82) is 0 Å². The van der Waals surface area contributed by atoms with Gasteiger partial charge in [0.05, 0.1) is 18.6 Å². The minimum Gasteiger partial charge on any atom is -0.381 e. The van der Waals surface area contributed by atoms with E-state index in [9.17, 15) is 0 Å². The van der Waals surface area contributed by atoms with Crippen LogP contribution >= 0.6 is 0 Å². The predicted molar refractivity (Wildman–Crippen MR) is 52.3 cm³/mol. The highest BCUT2D eigenvalue weighted by Gasteiger charge is 2.28. The Bertz CT molecular complexity index is 106. The molecule has 1 saturated carbocycles. The van der Waals surface area contributed by atoms with Gasteiger partial charge in [-0.2, -0.15) is 0 Å². The fourth-order valence-corrected chi connectivity index (χ4v) is 2.95. The molecule has 0 saturated heterocycles. The van der Waals surface area contributed by atoms with Gasteiger partial charge >= 0.3 is 0 Å². The van der Waals surface area contributed by atoms with Crippen molar-refractivity contribution in [2.45, 2.75) is 37.0 Å². The Balaban J connectivity index is 2.24. The van der Waals surface area contributed by atoms with E-state index >= 15 is 0 Å². The predicted octanol–water partition coefficient (Wildman–Crippen LogP) is 1.82. The van der Waals surface area contributed by atoms with Crippen LogP contribution in [0, 0.1) is 0 Å². The molecule has 0 aliphatic heterocycles. The summed E-state index contributed by atoms with van der Waals surface area (Å²) in [4.78, 5) is 0. The molecule has 0 atom stereocenters. The molecule has 0 radical (unpaired) electrons. The maximum Gasteiger partial charge on any atom is 0.117 e. The lowest BCUT2D eigenvalue weighted by atomic mass is 9.97. The third-order valence-electron chi connectivity index (χ3n) is 2.62. The highest BCUT2D eigenvalue weighted by molar-refractivity contribution is 7.96. The standard InChI is InChI=1S/C9H19OS/c1-10-8-4-6-9(7-5-8)11(2)3/h8-9H,4-7H2,1-3H3/q+1. The summed E-state index contributed by atoms with van der Waals surface area (Å²) in [6, 6.07) is 0. The summed E-state index contributed by atoms with van der Waals surface area (Å²) in [6.45, 7) is 0. The molecule has 1 rings (SSSR count). The lowest BCUT2D eigenvalue weighted by molar-refractivity contribution is 0.0722. The average molecular weight is 175 g/mol. The fourth-order valence-electron chi connectivity index (χ4n) is 1.74. The molecular weight excluding hydrogens is 156 g/mol. The number of hydrogen-bond acceptors (Lipinski definition) is 1. The molecule has 0 amide bonds. The number of hydrogen-bond donors (Lipinski definition) is 0. The van der Waals surface area contributed by atoms with E-state index < -0.39 is 0 Å². The topological polar surface area (TPSA) is 9.23 Å². The lowest BCUT2D eigenvalue weighted by Gasteiger charge is -2.25. The van der Waals surface area contributed by atoms with Gasteiger partial charge in [-0.3, -0.25) is 0 Å². The molecule has 11 heavy (non-hydrogen) atoms. The lowest BCUT2D eigenvalue weighted by Crippen LogP contribution is -2.28. The third kappa shape index (κ3) is 2.68. The van der Waals surface area contributed by atoms with Crippen molar-refractivity contribution in [3.63, 3.8) is 0 Å². The molecule has 1 aliphatic rings. The van der Waals surface area contributed by atoms with Gasteiger partial charge in [-0.1, -0.05) is 0 Å². The first-order chi connectivity index (χ1) is 5.24. The molecule has 66 valence electrons. The quantitative estimate of drug-likeness (QED) is 0.582. The molecule has 0 N–H and O–H groups in total. The third-order valence-corrected chi connectivity index (χ3v) is 4.43. The van der Waals surface area contributed by atoms with Crippen LogP contribution in [0.1, 0.15) is 25.7 Å². The maximum absolute atomic E-state index is 5.32.